The fourth-order valence-electron chi connectivity index (χ4n) is 4.47. The molecule has 1 unspecified atom stereocenters. The van der Waals surface area contributed by atoms with Crippen LogP contribution < -0.4 is 0 Å². The third-order valence-electron chi connectivity index (χ3n) is 6.16. The van der Waals surface area contributed by atoms with Crippen molar-refractivity contribution in [2.45, 2.75) is 96.1 Å². The van der Waals surface area contributed by atoms with Gasteiger partial charge in [0.25, 0.3) is 0 Å². The summed E-state index contributed by atoms with van der Waals surface area (Å²) in [5, 5.41) is 31.2. The maximum Gasteiger partial charge on any atom is 0.306 e. The molecule has 0 saturated heterocycles. The largest absolute Gasteiger partial charge is 0.463 e. The van der Waals surface area contributed by atoms with Gasteiger partial charge in [-0.2, -0.15) is 0 Å². The first kappa shape index (κ1) is 25.6. The number of aliphatic hydroxyl groups is 3. The molecule has 1 aliphatic carbocycles. The van der Waals surface area contributed by atoms with Crippen molar-refractivity contribution < 1.29 is 24.9 Å². The zero-order valence-electron chi connectivity index (χ0n) is 19.0. The summed E-state index contributed by atoms with van der Waals surface area (Å²) >= 11 is 0. The van der Waals surface area contributed by atoms with Crippen LogP contribution in [0.15, 0.2) is 42.5 Å². The molecule has 1 fully saturated rings. The van der Waals surface area contributed by atoms with Crippen LogP contribution in [0.25, 0.3) is 0 Å². The minimum atomic E-state index is -0.513. The SMILES string of the molecule is CC(C)OC(=O)CCC/C=C/C[C@@H]1[C@@H](CCC(O)CCc2ccccc2)[C@H](O)C[C@@H]1O. The van der Waals surface area contributed by atoms with Crippen molar-refractivity contribution in [2.75, 3.05) is 0 Å². The zero-order valence-corrected chi connectivity index (χ0v) is 19.0. The minimum absolute atomic E-state index is 0.00652. The molecule has 31 heavy (non-hydrogen) atoms. The topological polar surface area (TPSA) is 87.0 Å². The van der Waals surface area contributed by atoms with Gasteiger partial charge in [0.15, 0.2) is 0 Å². The quantitative estimate of drug-likeness (QED) is 0.247. The van der Waals surface area contributed by atoms with Gasteiger partial charge < -0.3 is 20.1 Å². The van der Waals surface area contributed by atoms with Crippen LogP contribution in [0.1, 0.15) is 70.8 Å². The second-order valence-corrected chi connectivity index (χ2v) is 9.09. The second kappa shape index (κ2) is 13.7. The van der Waals surface area contributed by atoms with Crippen molar-refractivity contribution in [3.05, 3.63) is 48.0 Å². The summed E-state index contributed by atoms with van der Waals surface area (Å²) in [4.78, 5) is 11.5. The van der Waals surface area contributed by atoms with Crippen LogP contribution in [-0.4, -0.2) is 45.7 Å². The fourth-order valence-corrected chi connectivity index (χ4v) is 4.47. The van der Waals surface area contributed by atoms with Crippen LogP contribution in [0.5, 0.6) is 0 Å². The Morgan fingerprint density at radius 2 is 1.81 bits per heavy atom. The van der Waals surface area contributed by atoms with Crippen molar-refractivity contribution in [3.8, 4) is 0 Å². The third kappa shape index (κ3) is 9.55. The van der Waals surface area contributed by atoms with E-state index in [9.17, 15) is 20.1 Å². The molecule has 5 atom stereocenters. The number of aliphatic hydroxyl groups excluding tert-OH is 3. The molecule has 3 N–H and O–H groups in total. The van der Waals surface area contributed by atoms with Gasteiger partial charge in [0.1, 0.15) is 0 Å². The van der Waals surface area contributed by atoms with E-state index < -0.39 is 18.3 Å². The number of rotatable bonds is 13. The van der Waals surface area contributed by atoms with Crippen molar-refractivity contribution >= 4 is 5.97 Å². The van der Waals surface area contributed by atoms with E-state index in [1.807, 2.05) is 38.1 Å². The minimum Gasteiger partial charge on any atom is -0.463 e. The summed E-state index contributed by atoms with van der Waals surface area (Å²) in [6.45, 7) is 3.69. The summed E-state index contributed by atoms with van der Waals surface area (Å²) in [5.74, 6) is -0.144. The van der Waals surface area contributed by atoms with Gasteiger partial charge in [-0.25, -0.2) is 0 Å². The molecule has 1 aliphatic rings. The Bertz CT molecular complexity index is 657. The molecule has 174 valence electrons. The first-order valence-corrected chi connectivity index (χ1v) is 11.8. The van der Waals surface area contributed by atoms with E-state index in [1.54, 1.807) is 0 Å². The molecular formula is C26H40O5. The van der Waals surface area contributed by atoms with Gasteiger partial charge in [-0.15, -0.1) is 0 Å². The molecule has 0 aromatic heterocycles. The van der Waals surface area contributed by atoms with Crippen LogP contribution in [0.4, 0.5) is 0 Å². The van der Waals surface area contributed by atoms with Crippen molar-refractivity contribution in [1.29, 1.82) is 0 Å². The van der Waals surface area contributed by atoms with Gasteiger partial charge >= 0.3 is 5.97 Å². The van der Waals surface area contributed by atoms with Crippen LogP contribution in [0.2, 0.25) is 0 Å². The lowest BCUT2D eigenvalue weighted by atomic mass is 9.85. The second-order valence-electron chi connectivity index (χ2n) is 9.09. The van der Waals surface area contributed by atoms with Crippen LogP contribution >= 0.6 is 0 Å². The normalized spacial score (nSPS) is 24.7. The number of carbonyl (C=O) groups excluding carboxylic acids is 1. The molecule has 0 spiro atoms. The third-order valence-corrected chi connectivity index (χ3v) is 6.16. The Hall–Kier alpha value is -1.69. The smallest absolute Gasteiger partial charge is 0.306 e. The van der Waals surface area contributed by atoms with E-state index in [0.29, 0.717) is 38.5 Å². The maximum atomic E-state index is 11.5. The first-order chi connectivity index (χ1) is 14.9. The molecule has 1 aromatic carbocycles. The molecule has 0 radical (unpaired) electrons. The lowest BCUT2D eigenvalue weighted by molar-refractivity contribution is -0.147. The molecule has 0 aliphatic heterocycles. The number of benzene rings is 1. The summed E-state index contributed by atoms with van der Waals surface area (Å²) < 4.78 is 5.12. The van der Waals surface area contributed by atoms with E-state index in [4.69, 9.17) is 4.74 Å². The van der Waals surface area contributed by atoms with E-state index >= 15 is 0 Å². The predicted octanol–water partition coefficient (Wildman–Crippen LogP) is 4.19. The standard InChI is InChI=1S/C26H40O5/c1-19(2)31-26(30)13-9-4-3-8-12-22-23(25(29)18-24(22)28)17-16-21(27)15-14-20-10-6-5-7-11-20/h3,5-8,10-11,19,21-25,27-29H,4,9,12-18H2,1-2H3/b8-3+/t21?,22-,23-,24+,25-/m1/s1. The van der Waals surface area contributed by atoms with Crippen LogP contribution in [0.3, 0.4) is 0 Å². The number of ether oxygens (including phenoxy) is 1. The number of hydrogen-bond donors (Lipinski definition) is 3. The maximum absolute atomic E-state index is 11.5. The van der Waals surface area contributed by atoms with Gasteiger partial charge in [-0.1, -0.05) is 42.5 Å². The number of aryl methyl sites for hydroxylation is 1. The molecule has 1 aromatic rings. The summed E-state index contributed by atoms with van der Waals surface area (Å²) in [7, 11) is 0. The number of allylic oxidation sites excluding steroid dienone is 2. The highest BCUT2D eigenvalue weighted by atomic mass is 16.5. The lowest BCUT2D eigenvalue weighted by Gasteiger charge is -2.23. The molecular weight excluding hydrogens is 392 g/mol. The Labute approximate surface area is 187 Å². The highest BCUT2D eigenvalue weighted by molar-refractivity contribution is 5.69. The summed E-state index contributed by atoms with van der Waals surface area (Å²) in [6.07, 6.45) is 8.58. The zero-order chi connectivity index (χ0) is 22.6. The highest BCUT2D eigenvalue weighted by Crippen LogP contribution is 2.38. The molecule has 0 bridgehead atoms. The number of hydrogen-bond acceptors (Lipinski definition) is 5. The van der Waals surface area contributed by atoms with Gasteiger partial charge in [-0.3, -0.25) is 4.79 Å². The van der Waals surface area contributed by atoms with Crippen LogP contribution in [-0.2, 0) is 16.0 Å². The molecule has 1 saturated carbocycles. The number of esters is 1. The summed E-state index contributed by atoms with van der Waals surface area (Å²) in [5.41, 5.74) is 1.22. The average Bonchev–Trinajstić information content (AvgIpc) is 3.00. The molecule has 5 heteroatoms. The molecule has 2 rings (SSSR count). The van der Waals surface area contributed by atoms with E-state index in [2.05, 4.69) is 18.2 Å². The predicted molar refractivity (Wildman–Crippen MR) is 122 cm³/mol. The summed E-state index contributed by atoms with van der Waals surface area (Å²) in [6, 6.07) is 10.1. The van der Waals surface area contributed by atoms with Gasteiger partial charge in [-0.05, 0) is 82.6 Å². The van der Waals surface area contributed by atoms with Crippen molar-refractivity contribution in [2.24, 2.45) is 11.8 Å². The van der Waals surface area contributed by atoms with Gasteiger partial charge in [0.05, 0.1) is 24.4 Å². The fraction of sp³-hybridized carbons (Fsp3) is 0.654. The number of carbonyl (C=O) groups is 1. The molecule has 5 nitrogen and oxygen atoms in total. The van der Waals surface area contributed by atoms with Gasteiger partial charge in [0, 0.05) is 6.42 Å². The highest BCUT2D eigenvalue weighted by Gasteiger charge is 2.40. The molecule has 0 amide bonds. The Morgan fingerprint density at radius 1 is 1.10 bits per heavy atom. The Kier molecular flexibility index (Phi) is 11.3. The van der Waals surface area contributed by atoms with Crippen molar-refractivity contribution in [3.63, 3.8) is 0 Å². The average molecular weight is 433 g/mol. The Morgan fingerprint density at radius 3 is 2.52 bits per heavy atom. The molecule has 0 heterocycles. The van der Waals surface area contributed by atoms with Gasteiger partial charge in [0.2, 0.25) is 0 Å². The van der Waals surface area contributed by atoms with E-state index in [1.165, 1.54) is 5.56 Å². The first-order valence-electron chi connectivity index (χ1n) is 11.8. The Balaban J connectivity index is 1.70. The number of unbranched alkanes of at least 4 members (excludes halogenated alkanes) is 1. The van der Waals surface area contributed by atoms with Crippen LogP contribution in [0, 0.1) is 11.8 Å². The monoisotopic (exact) mass is 432 g/mol. The lowest BCUT2D eigenvalue weighted by Crippen LogP contribution is -2.23. The van der Waals surface area contributed by atoms with E-state index in [-0.39, 0.29) is 23.9 Å². The van der Waals surface area contributed by atoms with E-state index in [0.717, 1.165) is 19.3 Å². The van der Waals surface area contributed by atoms with Crippen molar-refractivity contribution in [1.82, 2.24) is 0 Å².